The SMILES string of the molecule is COC(=O)c1cccc(-c2ccccc2OC(F)(F)F)c1F. The second kappa shape index (κ2) is 6.05. The van der Waals surface area contributed by atoms with E-state index in [-0.39, 0.29) is 16.7 Å². The lowest BCUT2D eigenvalue weighted by atomic mass is 10.0. The van der Waals surface area contributed by atoms with Gasteiger partial charge in [0.05, 0.1) is 12.7 Å². The summed E-state index contributed by atoms with van der Waals surface area (Å²) in [7, 11) is 1.08. The highest BCUT2D eigenvalue weighted by atomic mass is 19.4. The van der Waals surface area contributed by atoms with Crippen molar-refractivity contribution in [3.63, 3.8) is 0 Å². The van der Waals surface area contributed by atoms with Crippen LogP contribution in [0.25, 0.3) is 11.1 Å². The molecular weight excluding hydrogens is 304 g/mol. The van der Waals surface area contributed by atoms with E-state index in [0.29, 0.717) is 0 Å². The minimum atomic E-state index is -4.91. The summed E-state index contributed by atoms with van der Waals surface area (Å²) in [6.45, 7) is 0. The largest absolute Gasteiger partial charge is 0.573 e. The van der Waals surface area contributed by atoms with Gasteiger partial charge in [-0.15, -0.1) is 13.2 Å². The molecule has 3 nitrogen and oxygen atoms in total. The van der Waals surface area contributed by atoms with E-state index in [2.05, 4.69) is 9.47 Å². The molecule has 22 heavy (non-hydrogen) atoms. The van der Waals surface area contributed by atoms with Crippen molar-refractivity contribution >= 4 is 5.97 Å². The van der Waals surface area contributed by atoms with Gasteiger partial charge in [0.1, 0.15) is 11.6 Å². The van der Waals surface area contributed by atoms with Gasteiger partial charge in [0.25, 0.3) is 0 Å². The topological polar surface area (TPSA) is 35.5 Å². The van der Waals surface area contributed by atoms with Crippen molar-refractivity contribution in [1.82, 2.24) is 0 Å². The quantitative estimate of drug-likeness (QED) is 0.630. The van der Waals surface area contributed by atoms with E-state index in [1.165, 1.54) is 36.4 Å². The lowest BCUT2D eigenvalue weighted by Gasteiger charge is -2.14. The zero-order chi connectivity index (χ0) is 16.3. The van der Waals surface area contributed by atoms with Gasteiger partial charge in [-0.1, -0.05) is 30.3 Å². The monoisotopic (exact) mass is 314 g/mol. The third-order valence-corrected chi connectivity index (χ3v) is 2.81. The highest BCUT2D eigenvalue weighted by Gasteiger charge is 2.32. The van der Waals surface area contributed by atoms with Crippen LogP contribution in [0.5, 0.6) is 5.75 Å². The number of halogens is 4. The summed E-state index contributed by atoms with van der Waals surface area (Å²) in [5.41, 5.74) is -0.687. The van der Waals surface area contributed by atoms with Crippen LogP contribution < -0.4 is 4.74 Å². The Kier molecular flexibility index (Phi) is 4.35. The van der Waals surface area contributed by atoms with Gasteiger partial charge in [-0.2, -0.15) is 0 Å². The molecule has 0 heterocycles. The third-order valence-electron chi connectivity index (χ3n) is 2.81. The summed E-state index contributed by atoms with van der Waals surface area (Å²) < 4.78 is 59.9. The maximum Gasteiger partial charge on any atom is 0.573 e. The van der Waals surface area contributed by atoms with Crippen molar-refractivity contribution in [2.45, 2.75) is 6.36 Å². The summed E-state index contributed by atoms with van der Waals surface area (Å²) in [6, 6.07) is 8.86. The van der Waals surface area contributed by atoms with Crippen molar-refractivity contribution in [1.29, 1.82) is 0 Å². The second-order valence-corrected chi connectivity index (χ2v) is 4.20. The highest BCUT2D eigenvalue weighted by molar-refractivity contribution is 5.91. The molecule has 0 aliphatic carbocycles. The molecule has 2 aromatic rings. The Bertz CT molecular complexity index is 695. The number of para-hydroxylation sites is 1. The van der Waals surface area contributed by atoms with Crippen LogP contribution in [0.1, 0.15) is 10.4 Å². The van der Waals surface area contributed by atoms with Crippen LogP contribution in [-0.2, 0) is 4.74 Å². The first-order valence-electron chi connectivity index (χ1n) is 6.05. The van der Waals surface area contributed by atoms with E-state index >= 15 is 0 Å². The fourth-order valence-electron chi connectivity index (χ4n) is 1.91. The molecule has 0 atom stereocenters. The van der Waals surface area contributed by atoms with Gasteiger partial charge < -0.3 is 9.47 Å². The van der Waals surface area contributed by atoms with Crippen LogP contribution in [0.15, 0.2) is 42.5 Å². The molecule has 0 radical (unpaired) electrons. The summed E-state index contributed by atoms with van der Waals surface area (Å²) in [6.07, 6.45) is -4.91. The minimum absolute atomic E-state index is 0.122. The molecule has 2 aromatic carbocycles. The van der Waals surface area contributed by atoms with E-state index in [9.17, 15) is 22.4 Å². The summed E-state index contributed by atoms with van der Waals surface area (Å²) >= 11 is 0. The number of methoxy groups -OCH3 is 1. The zero-order valence-corrected chi connectivity index (χ0v) is 11.3. The van der Waals surface area contributed by atoms with Crippen LogP contribution in [0, 0.1) is 5.82 Å². The van der Waals surface area contributed by atoms with Crippen molar-refractivity contribution < 1.29 is 31.8 Å². The van der Waals surface area contributed by atoms with Gasteiger partial charge in [0, 0.05) is 11.1 Å². The smallest absolute Gasteiger partial charge is 0.465 e. The molecule has 0 bridgehead atoms. The molecule has 116 valence electrons. The molecule has 7 heteroatoms. The zero-order valence-electron chi connectivity index (χ0n) is 11.3. The molecule has 0 amide bonds. The van der Waals surface area contributed by atoms with Gasteiger partial charge in [-0.3, -0.25) is 0 Å². The van der Waals surface area contributed by atoms with Crippen LogP contribution in [-0.4, -0.2) is 19.4 Å². The Morgan fingerprint density at radius 3 is 2.27 bits per heavy atom. The molecule has 2 rings (SSSR count). The van der Waals surface area contributed by atoms with Gasteiger partial charge in [0.2, 0.25) is 0 Å². The number of carbonyl (C=O) groups excluding carboxylic acids is 1. The average molecular weight is 314 g/mol. The summed E-state index contributed by atoms with van der Waals surface area (Å²) in [4.78, 5) is 11.5. The van der Waals surface area contributed by atoms with E-state index in [1.807, 2.05) is 0 Å². The van der Waals surface area contributed by atoms with E-state index < -0.39 is 23.9 Å². The van der Waals surface area contributed by atoms with Crippen molar-refractivity contribution in [2.75, 3.05) is 7.11 Å². The van der Waals surface area contributed by atoms with Crippen LogP contribution in [0.2, 0.25) is 0 Å². The molecule has 0 N–H and O–H groups in total. The number of hydrogen-bond donors (Lipinski definition) is 0. The lowest BCUT2D eigenvalue weighted by molar-refractivity contribution is -0.274. The molecular formula is C15H10F4O3. The molecule has 0 fully saturated rings. The standard InChI is InChI=1S/C15H10F4O3/c1-21-14(20)11-7-4-6-10(13(11)16)9-5-2-3-8-12(9)22-15(17,18)19/h2-8H,1H3. The number of esters is 1. The van der Waals surface area contributed by atoms with Gasteiger partial charge in [-0.05, 0) is 12.1 Å². The second-order valence-electron chi connectivity index (χ2n) is 4.20. The Morgan fingerprint density at radius 1 is 1.00 bits per heavy atom. The van der Waals surface area contributed by atoms with Crippen LogP contribution in [0.3, 0.4) is 0 Å². The van der Waals surface area contributed by atoms with Gasteiger partial charge in [0.15, 0.2) is 0 Å². The number of ether oxygens (including phenoxy) is 2. The maximum absolute atomic E-state index is 14.4. The predicted octanol–water partition coefficient (Wildman–Crippen LogP) is 4.18. The Morgan fingerprint density at radius 2 is 1.64 bits per heavy atom. The molecule has 0 aliphatic heterocycles. The van der Waals surface area contributed by atoms with E-state index in [1.54, 1.807) is 0 Å². The van der Waals surface area contributed by atoms with Crippen LogP contribution >= 0.6 is 0 Å². The summed E-state index contributed by atoms with van der Waals surface area (Å²) in [5, 5.41) is 0. The molecule has 0 saturated carbocycles. The number of benzene rings is 2. The van der Waals surface area contributed by atoms with Crippen LogP contribution in [0.4, 0.5) is 17.6 Å². The van der Waals surface area contributed by atoms with Crippen molar-refractivity contribution in [3.8, 4) is 16.9 Å². The number of carbonyl (C=O) groups is 1. The van der Waals surface area contributed by atoms with E-state index in [4.69, 9.17) is 0 Å². The fraction of sp³-hybridized carbons (Fsp3) is 0.133. The molecule has 0 unspecified atom stereocenters. The van der Waals surface area contributed by atoms with Crippen molar-refractivity contribution in [2.24, 2.45) is 0 Å². The van der Waals surface area contributed by atoms with Crippen molar-refractivity contribution in [3.05, 3.63) is 53.8 Å². The predicted molar refractivity (Wildman–Crippen MR) is 69.9 cm³/mol. The minimum Gasteiger partial charge on any atom is -0.465 e. The normalized spacial score (nSPS) is 11.1. The van der Waals surface area contributed by atoms with Gasteiger partial charge >= 0.3 is 12.3 Å². The Labute approximate surface area is 123 Å². The molecule has 0 aliphatic rings. The van der Waals surface area contributed by atoms with E-state index in [0.717, 1.165) is 13.2 Å². The van der Waals surface area contributed by atoms with Gasteiger partial charge in [-0.25, -0.2) is 9.18 Å². The molecule has 0 aromatic heterocycles. The fourth-order valence-corrected chi connectivity index (χ4v) is 1.91. The third kappa shape index (κ3) is 3.36. The Hall–Kier alpha value is -2.57. The summed E-state index contributed by atoms with van der Waals surface area (Å²) in [5.74, 6) is -2.46. The first kappa shape index (κ1) is 15.8. The lowest BCUT2D eigenvalue weighted by Crippen LogP contribution is -2.17. The number of alkyl halides is 3. The highest BCUT2D eigenvalue weighted by Crippen LogP contribution is 2.35. The first-order valence-corrected chi connectivity index (χ1v) is 6.05. The molecule has 0 spiro atoms. The average Bonchev–Trinajstić information content (AvgIpc) is 2.46. The maximum atomic E-state index is 14.4. The Balaban J connectivity index is 2.56. The number of rotatable bonds is 3. The first-order chi connectivity index (χ1) is 10.3. The number of hydrogen-bond acceptors (Lipinski definition) is 3. The molecule has 0 saturated heterocycles.